The van der Waals surface area contributed by atoms with E-state index in [0.717, 1.165) is 11.3 Å². The SMILES string of the molecule is CN(C)Cc1csc(NS(=O)(=O)c2ccc(CCN3C(=O)c4ccccc4C3=O)cc2)n1. The van der Waals surface area contributed by atoms with E-state index in [2.05, 4.69) is 9.71 Å². The van der Waals surface area contributed by atoms with Crippen LogP contribution in [0.25, 0.3) is 0 Å². The number of sulfonamides is 1. The van der Waals surface area contributed by atoms with Crippen molar-refractivity contribution < 1.29 is 18.0 Å². The van der Waals surface area contributed by atoms with Gasteiger partial charge in [0.1, 0.15) is 0 Å². The van der Waals surface area contributed by atoms with E-state index in [1.807, 2.05) is 24.4 Å². The number of carbonyl (C=O) groups excluding carboxylic acids is 2. The molecule has 0 unspecified atom stereocenters. The first kappa shape index (κ1) is 22.1. The highest BCUT2D eigenvalue weighted by Crippen LogP contribution is 2.24. The predicted octanol–water partition coefficient (Wildman–Crippen LogP) is 2.84. The zero-order valence-electron chi connectivity index (χ0n) is 17.6. The smallest absolute Gasteiger partial charge is 0.263 e. The molecule has 10 heteroatoms. The van der Waals surface area contributed by atoms with E-state index >= 15 is 0 Å². The molecule has 4 rings (SSSR count). The van der Waals surface area contributed by atoms with Crippen LogP contribution in [0.5, 0.6) is 0 Å². The number of thiazole rings is 1. The quantitative estimate of drug-likeness (QED) is 0.508. The standard InChI is InChI=1S/C22H22N4O4S2/c1-25(2)13-16-14-31-22(23-16)24-32(29,30)17-9-7-15(8-10-17)11-12-26-20(27)18-5-3-4-6-19(18)21(26)28/h3-10,14H,11-13H2,1-2H3,(H,23,24). The summed E-state index contributed by atoms with van der Waals surface area (Å²) in [5.74, 6) is -0.600. The number of nitrogens with one attached hydrogen (secondary N) is 1. The highest BCUT2D eigenvalue weighted by Gasteiger charge is 2.34. The molecule has 2 heterocycles. The summed E-state index contributed by atoms with van der Waals surface area (Å²) in [5, 5.41) is 2.14. The zero-order valence-corrected chi connectivity index (χ0v) is 19.2. The van der Waals surface area contributed by atoms with E-state index in [1.165, 1.54) is 28.4 Å². The molecule has 0 fully saturated rings. The molecule has 2 aromatic carbocycles. The monoisotopic (exact) mass is 470 g/mol. The Labute approximate surface area is 190 Å². The van der Waals surface area contributed by atoms with E-state index in [9.17, 15) is 18.0 Å². The van der Waals surface area contributed by atoms with Crippen molar-refractivity contribution in [1.29, 1.82) is 0 Å². The summed E-state index contributed by atoms with van der Waals surface area (Å²) < 4.78 is 27.9. The second-order valence-corrected chi connectivity index (χ2v) is 10.2. The van der Waals surface area contributed by atoms with Gasteiger partial charge >= 0.3 is 0 Å². The number of imide groups is 1. The summed E-state index contributed by atoms with van der Waals surface area (Å²) in [5.41, 5.74) is 2.45. The highest BCUT2D eigenvalue weighted by molar-refractivity contribution is 7.93. The second-order valence-electron chi connectivity index (χ2n) is 7.69. The van der Waals surface area contributed by atoms with Gasteiger partial charge < -0.3 is 4.90 Å². The molecule has 8 nitrogen and oxygen atoms in total. The molecule has 1 N–H and O–H groups in total. The van der Waals surface area contributed by atoms with Gasteiger partial charge in [0.2, 0.25) is 0 Å². The van der Waals surface area contributed by atoms with E-state index in [1.54, 1.807) is 36.4 Å². The van der Waals surface area contributed by atoms with Gasteiger partial charge in [-0.05, 0) is 50.3 Å². The molecular weight excluding hydrogens is 448 g/mol. The molecule has 0 aliphatic carbocycles. The van der Waals surface area contributed by atoms with Crippen LogP contribution in [0.4, 0.5) is 5.13 Å². The summed E-state index contributed by atoms with van der Waals surface area (Å²) in [6.45, 7) is 0.852. The van der Waals surface area contributed by atoms with E-state index in [0.29, 0.717) is 29.2 Å². The van der Waals surface area contributed by atoms with Crippen molar-refractivity contribution in [2.45, 2.75) is 17.9 Å². The number of nitrogens with zero attached hydrogens (tertiary/aromatic N) is 3. The first-order chi connectivity index (χ1) is 15.2. The maximum atomic E-state index is 12.7. The van der Waals surface area contributed by atoms with Crippen LogP contribution in [0.1, 0.15) is 32.0 Å². The average molecular weight is 471 g/mol. The Hall–Kier alpha value is -3.08. The van der Waals surface area contributed by atoms with Crippen LogP contribution in [0.3, 0.4) is 0 Å². The number of rotatable bonds is 8. The number of amides is 2. The maximum absolute atomic E-state index is 12.7. The van der Waals surface area contributed by atoms with Gasteiger partial charge in [-0.1, -0.05) is 24.3 Å². The number of fused-ring (bicyclic) bond motifs is 1. The van der Waals surface area contributed by atoms with Gasteiger partial charge in [0.05, 0.1) is 21.7 Å². The molecule has 0 saturated carbocycles. The van der Waals surface area contributed by atoms with E-state index in [4.69, 9.17) is 0 Å². The zero-order chi connectivity index (χ0) is 22.9. The highest BCUT2D eigenvalue weighted by atomic mass is 32.2. The normalized spacial score (nSPS) is 13.7. The minimum absolute atomic E-state index is 0.117. The lowest BCUT2D eigenvalue weighted by Crippen LogP contribution is -2.31. The van der Waals surface area contributed by atoms with Gasteiger partial charge in [-0.15, -0.1) is 11.3 Å². The molecule has 1 aliphatic rings. The largest absolute Gasteiger partial charge is 0.304 e. The van der Waals surface area contributed by atoms with Crippen molar-refractivity contribution in [3.63, 3.8) is 0 Å². The lowest BCUT2D eigenvalue weighted by atomic mass is 10.1. The lowest BCUT2D eigenvalue weighted by Gasteiger charge is -2.14. The molecule has 1 aromatic heterocycles. The summed E-state index contributed by atoms with van der Waals surface area (Å²) in [6, 6.07) is 13.1. The topological polar surface area (TPSA) is 99.7 Å². The van der Waals surface area contributed by atoms with Crippen LogP contribution in [-0.4, -0.2) is 55.7 Å². The van der Waals surface area contributed by atoms with Crippen LogP contribution < -0.4 is 4.72 Å². The Balaban J connectivity index is 1.39. The number of aromatic nitrogens is 1. The average Bonchev–Trinajstić information content (AvgIpc) is 3.28. The van der Waals surface area contributed by atoms with Gasteiger partial charge in [-0.3, -0.25) is 19.2 Å². The van der Waals surface area contributed by atoms with Crippen molar-refractivity contribution >= 4 is 38.3 Å². The Kier molecular flexibility index (Phi) is 6.09. The van der Waals surface area contributed by atoms with E-state index < -0.39 is 10.0 Å². The summed E-state index contributed by atoms with van der Waals surface area (Å²) in [7, 11) is 0.0676. The molecule has 0 saturated heterocycles. The van der Waals surface area contributed by atoms with Crippen molar-refractivity contribution in [3.8, 4) is 0 Å². The van der Waals surface area contributed by atoms with Gasteiger partial charge in [0.25, 0.3) is 21.8 Å². The minimum atomic E-state index is -3.76. The molecule has 0 spiro atoms. The maximum Gasteiger partial charge on any atom is 0.263 e. The second kappa shape index (κ2) is 8.81. The number of carbonyl (C=O) groups is 2. The van der Waals surface area contributed by atoms with Crippen LogP contribution in [0.2, 0.25) is 0 Å². The minimum Gasteiger partial charge on any atom is -0.304 e. The molecule has 0 radical (unpaired) electrons. The van der Waals surface area contributed by atoms with Crippen molar-refractivity contribution in [2.75, 3.05) is 25.4 Å². The molecule has 3 aromatic rings. The van der Waals surface area contributed by atoms with Gasteiger partial charge in [0.15, 0.2) is 5.13 Å². The third-order valence-electron chi connectivity index (χ3n) is 4.99. The third kappa shape index (κ3) is 4.57. The molecular formula is C22H22N4O4S2. The van der Waals surface area contributed by atoms with Gasteiger partial charge in [-0.25, -0.2) is 13.4 Å². The van der Waals surface area contributed by atoms with Crippen LogP contribution in [-0.2, 0) is 23.0 Å². The number of benzene rings is 2. The third-order valence-corrected chi connectivity index (χ3v) is 7.28. The Morgan fingerprint density at radius 1 is 1.00 bits per heavy atom. The van der Waals surface area contributed by atoms with Crippen LogP contribution in [0.15, 0.2) is 58.8 Å². The first-order valence-electron chi connectivity index (χ1n) is 9.91. The summed E-state index contributed by atoms with van der Waals surface area (Å²) >= 11 is 1.24. The van der Waals surface area contributed by atoms with Crippen LogP contribution in [0, 0.1) is 0 Å². The molecule has 1 aliphatic heterocycles. The van der Waals surface area contributed by atoms with Crippen molar-refractivity contribution in [3.05, 3.63) is 76.3 Å². The lowest BCUT2D eigenvalue weighted by molar-refractivity contribution is 0.0656. The number of anilines is 1. The number of hydrogen-bond donors (Lipinski definition) is 1. The summed E-state index contributed by atoms with van der Waals surface area (Å²) in [4.78, 5) is 32.5. The molecule has 32 heavy (non-hydrogen) atoms. The van der Waals surface area contributed by atoms with Gasteiger partial charge in [0, 0.05) is 18.5 Å². The molecule has 0 bridgehead atoms. The number of hydrogen-bond acceptors (Lipinski definition) is 7. The Morgan fingerprint density at radius 3 is 2.22 bits per heavy atom. The molecule has 0 atom stereocenters. The Bertz CT molecular complexity index is 1230. The predicted molar refractivity (Wildman–Crippen MR) is 122 cm³/mol. The van der Waals surface area contributed by atoms with Gasteiger partial charge in [-0.2, -0.15) is 0 Å². The fourth-order valence-corrected chi connectivity index (χ4v) is 5.40. The van der Waals surface area contributed by atoms with E-state index in [-0.39, 0.29) is 23.3 Å². The fraction of sp³-hybridized carbons (Fsp3) is 0.227. The first-order valence-corrected chi connectivity index (χ1v) is 12.3. The van der Waals surface area contributed by atoms with Crippen LogP contribution >= 0.6 is 11.3 Å². The molecule has 2 amide bonds. The van der Waals surface area contributed by atoms with Crippen molar-refractivity contribution in [1.82, 2.24) is 14.8 Å². The van der Waals surface area contributed by atoms with Crippen molar-refractivity contribution in [2.24, 2.45) is 0 Å². The summed E-state index contributed by atoms with van der Waals surface area (Å²) in [6.07, 6.45) is 0.430. The Morgan fingerprint density at radius 2 is 1.62 bits per heavy atom. The fourth-order valence-electron chi connectivity index (χ4n) is 3.44. The molecule has 166 valence electrons.